The molecule has 0 spiro atoms. The van der Waals surface area contributed by atoms with Crippen molar-refractivity contribution in [1.82, 2.24) is 4.31 Å². The smallest absolute Gasteiger partial charge is 0.243 e. The van der Waals surface area contributed by atoms with Crippen LogP contribution >= 0.6 is 11.6 Å². The van der Waals surface area contributed by atoms with Crippen molar-refractivity contribution in [2.75, 3.05) is 20.2 Å². The summed E-state index contributed by atoms with van der Waals surface area (Å²) in [6, 6.07) is 14.4. The minimum Gasteiger partial charge on any atom is -0.497 e. The number of nitrogens with zero attached hydrogens (tertiary/aromatic N) is 1. The molecule has 2 aromatic rings. The maximum Gasteiger partial charge on any atom is 0.243 e. The molecule has 0 aliphatic carbocycles. The summed E-state index contributed by atoms with van der Waals surface area (Å²) >= 11 is 5.98. The Bertz CT molecular complexity index is 821. The molecular weight excluding hydrogens is 358 g/mol. The summed E-state index contributed by atoms with van der Waals surface area (Å²) in [6.07, 6.45) is 2.86. The molecule has 1 heterocycles. The van der Waals surface area contributed by atoms with Gasteiger partial charge in [0.2, 0.25) is 10.0 Å². The van der Waals surface area contributed by atoms with Crippen LogP contribution < -0.4 is 4.74 Å². The predicted octanol–water partition coefficient (Wildman–Crippen LogP) is 4.31. The average Bonchev–Trinajstić information content (AvgIpc) is 2.88. The van der Waals surface area contributed by atoms with E-state index in [-0.39, 0.29) is 10.8 Å². The highest BCUT2D eigenvalue weighted by atomic mass is 35.5. The Balaban J connectivity index is 1.86. The molecule has 0 aromatic heterocycles. The van der Waals surface area contributed by atoms with E-state index in [1.54, 1.807) is 29.6 Å². The van der Waals surface area contributed by atoms with Crippen LogP contribution in [0.4, 0.5) is 0 Å². The molecule has 1 saturated heterocycles. The van der Waals surface area contributed by atoms with Crippen LogP contribution in [0.1, 0.15) is 30.7 Å². The Morgan fingerprint density at radius 3 is 2.56 bits per heavy atom. The lowest BCUT2D eigenvalue weighted by atomic mass is 9.94. The first kappa shape index (κ1) is 18.2. The lowest BCUT2D eigenvalue weighted by Gasteiger charge is -2.24. The van der Waals surface area contributed by atoms with Gasteiger partial charge in [-0.15, -0.1) is 0 Å². The van der Waals surface area contributed by atoms with Gasteiger partial charge in [-0.25, -0.2) is 8.42 Å². The van der Waals surface area contributed by atoms with Gasteiger partial charge in [-0.05, 0) is 54.7 Å². The maximum atomic E-state index is 13.0. The van der Waals surface area contributed by atoms with E-state index < -0.39 is 10.0 Å². The average molecular weight is 380 g/mol. The Kier molecular flexibility index (Phi) is 5.67. The lowest BCUT2D eigenvalue weighted by molar-refractivity contribution is 0.404. The number of rotatable bonds is 4. The zero-order valence-electron chi connectivity index (χ0n) is 14.2. The van der Waals surface area contributed by atoms with Crippen LogP contribution in [-0.2, 0) is 10.0 Å². The van der Waals surface area contributed by atoms with Crippen LogP contribution in [0, 0.1) is 0 Å². The van der Waals surface area contributed by atoms with Crippen LogP contribution in [0.15, 0.2) is 53.4 Å². The molecule has 3 rings (SSSR count). The molecular formula is C19H22ClNO3S. The van der Waals surface area contributed by atoms with Gasteiger partial charge in [-0.3, -0.25) is 0 Å². The topological polar surface area (TPSA) is 46.6 Å². The van der Waals surface area contributed by atoms with Gasteiger partial charge >= 0.3 is 0 Å². The highest BCUT2D eigenvalue weighted by Crippen LogP contribution is 2.31. The van der Waals surface area contributed by atoms with E-state index in [9.17, 15) is 8.42 Å². The van der Waals surface area contributed by atoms with E-state index >= 15 is 0 Å². The van der Waals surface area contributed by atoms with Gasteiger partial charge in [0.05, 0.1) is 12.0 Å². The molecule has 0 saturated carbocycles. The highest BCUT2D eigenvalue weighted by molar-refractivity contribution is 7.89. The first-order valence-electron chi connectivity index (χ1n) is 8.40. The summed E-state index contributed by atoms with van der Waals surface area (Å²) in [4.78, 5) is 0.260. The largest absolute Gasteiger partial charge is 0.497 e. The second-order valence-electron chi connectivity index (χ2n) is 6.29. The van der Waals surface area contributed by atoms with Crippen LogP contribution in [0.2, 0.25) is 5.02 Å². The lowest BCUT2D eigenvalue weighted by Crippen LogP contribution is -2.34. The first-order valence-corrected chi connectivity index (χ1v) is 10.2. The number of ether oxygens (including phenoxy) is 1. The van der Waals surface area contributed by atoms with Crippen molar-refractivity contribution in [3.63, 3.8) is 0 Å². The van der Waals surface area contributed by atoms with Gasteiger partial charge < -0.3 is 4.74 Å². The summed E-state index contributed by atoms with van der Waals surface area (Å²) in [7, 11) is -1.90. The van der Waals surface area contributed by atoms with Crippen LogP contribution in [-0.4, -0.2) is 32.9 Å². The fourth-order valence-corrected chi connectivity index (χ4v) is 5.08. The van der Waals surface area contributed by atoms with Crippen molar-refractivity contribution in [3.05, 3.63) is 59.1 Å². The van der Waals surface area contributed by atoms with Crippen molar-refractivity contribution < 1.29 is 13.2 Å². The molecule has 25 heavy (non-hydrogen) atoms. The number of methoxy groups -OCH3 is 1. The number of hydrogen-bond donors (Lipinski definition) is 0. The third-order valence-electron chi connectivity index (χ3n) is 4.66. The number of benzene rings is 2. The van der Waals surface area contributed by atoms with Gasteiger partial charge in [-0.1, -0.05) is 36.2 Å². The fourth-order valence-electron chi connectivity index (χ4n) is 3.25. The molecule has 1 atom stereocenters. The van der Waals surface area contributed by atoms with Gasteiger partial charge in [0.1, 0.15) is 5.75 Å². The SMILES string of the molecule is COc1ccc(C2CCCCN(S(=O)(=O)c3cccc(Cl)c3)C2)cc1. The maximum absolute atomic E-state index is 13.0. The summed E-state index contributed by atoms with van der Waals surface area (Å²) in [6.45, 7) is 1.03. The number of halogens is 1. The molecule has 1 aliphatic rings. The molecule has 134 valence electrons. The van der Waals surface area contributed by atoms with Crippen molar-refractivity contribution in [1.29, 1.82) is 0 Å². The molecule has 0 radical (unpaired) electrons. The summed E-state index contributed by atoms with van der Waals surface area (Å²) < 4.78 is 32.8. The summed E-state index contributed by atoms with van der Waals surface area (Å²) in [5.41, 5.74) is 1.15. The monoisotopic (exact) mass is 379 g/mol. The van der Waals surface area contributed by atoms with E-state index in [1.165, 1.54) is 6.07 Å². The third-order valence-corrected chi connectivity index (χ3v) is 6.75. The number of hydrogen-bond acceptors (Lipinski definition) is 3. The molecule has 4 nitrogen and oxygen atoms in total. The summed E-state index contributed by atoms with van der Waals surface area (Å²) in [5.74, 6) is 0.989. The normalized spacial score (nSPS) is 19.4. The standard InChI is InChI=1S/C19H22ClNO3S/c1-24-18-10-8-15(9-11-18)16-5-2-3-12-21(14-16)25(22,23)19-7-4-6-17(20)13-19/h4,6-11,13,16H,2-3,5,12,14H2,1H3. The van der Waals surface area contributed by atoms with E-state index in [0.29, 0.717) is 18.1 Å². The molecule has 0 amide bonds. The molecule has 1 aliphatic heterocycles. The molecule has 6 heteroatoms. The van der Waals surface area contributed by atoms with E-state index in [2.05, 4.69) is 0 Å². The van der Waals surface area contributed by atoms with Crippen molar-refractivity contribution in [2.24, 2.45) is 0 Å². The molecule has 1 unspecified atom stereocenters. The molecule has 0 N–H and O–H groups in total. The van der Waals surface area contributed by atoms with Crippen molar-refractivity contribution in [2.45, 2.75) is 30.1 Å². The van der Waals surface area contributed by atoms with E-state index in [1.807, 2.05) is 24.3 Å². The zero-order valence-corrected chi connectivity index (χ0v) is 15.8. The second-order valence-corrected chi connectivity index (χ2v) is 8.66. The third kappa shape index (κ3) is 4.17. The minimum absolute atomic E-state index is 0.183. The Labute approximate surface area is 154 Å². The Morgan fingerprint density at radius 2 is 1.88 bits per heavy atom. The van der Waals surface area contributed by atoms with Crippen LogP contribution in [0.3, 0.4) is 0 Å². The fraction of sp³-hybridized carbons (Fsp3) is 0.368. The van der Waals surface area contributed by atoms with Gasteiger partial charge in [0.15, 0.2) is 0 Å². The highest BCUT2D eigenvalue weighted by Gasteiger charge is 2.29. The van der Waals surface area contributed by atoms with E-state index in [4.69, 9.17) is 16.3 Å². The minimum atomic E-state index is -3.54. The zero-order chi connectivity index (χ0) is 17.9. The molecule has 0 bridgehead atoms. The first-order chi connectivity index (χ1) is 12.0. The Hall–Kier alpha value is -1.56. The van der Waals surface area contributed by atoms with E-state index in [0.717, 1.165) is 30.6 Å². The van der Waals surface area contributed by atoms with Gasteiger partial charge in [0.25, 0.3) is 0 Å². The Morgan fingerprint density at radius 1 is 1.12 bits per heavy atom. The van der Waals surface area contributed by atoms with Crippen LogP contribution in [0.5, 0.6) is 5.75 Å². The van der Waals surface area contributed by atoms with Crippen molar-refractivity contribution >= 4 is 21.6 Å². The van der Waals surface area contributed by atoms with Crippen LogP contribution in [0.25, 0.3) is 0 Å². The predicted molar refractivity (Wildman–Crippen MR) is 99.8 cm³/mol. The number of sulfonamides is 1. The second kappa shape index (κ2) is 7.77. The summed E-state index contributed by atoms with van der Waals surface area (Å²) in [5, 5.41) is 0.433. The molecule has 1 fully saturated rings. The molecule has 2 aromatic carbocycles. The van der Waals surface area contributed by atoms with Crippen molar-refractivity contribution in [3.8, 4) is 5.75 Å². The van der Waals surface area contributed by atoms with Gasteiger partial charge in [0, 0.05) is 18.1 Å². The van der Waals surface area contributed by atoms with Gasteiger partial charge in [-0.2, -0.15) is 4.31 Å². The quantitative estimate of drug-likeness (QED) is 0.795.